The van der Waals surface area contributed by atoms with E-state index >= 15 is 0 Å². The first kappa shape index (κ1) is 21.8. The van der Waals surface area contributed by atoms with Gasteiger partial charge in [0.15, 0.2) is 5.78 Å². The number of ketones is 1. The van der Waals surface area contributed by atoms with Gasteiger partial charge in [0, 0.05) is 40.5 Å². The van der Waals surface area contributed by atoms with Crippen molar-refractivity contribution in [2.45, 2.75) is 13.0 Å². The maximum atomic E-state index is 11.8. The van der Waals surface area contributed by atoms with Crippen LogP contribution in [0.4, 0.5) is 5.82 Å². The Labute approximate surface area is 215 Å². The standard InChI is InChI=1S/C27H22N8OS/c1-14(36)23-7-8-24(37-23)16-3-2-4-18-17(16)9-21(30-18)27-26-20(33-34-27)6-5-19(32-26)22-10-29-11-25(31-22)35-12-15(28)13-35/h2-11,15,30H,12-13,28H2,1H3,(H,33,34). The van der Waals surface area contributed by atoms with Crippen LogP contribution in [0.2, 0.25) is 0 Å². The molecule has 0 aliphatic carbocycles. The number of pyridine rings is 1. The number of carbonyl (C=O) groups excluding carboxylic acids is 1. The molecule has 1 aromatic carbocycles. The van der Waals surface area contributed by atoms with Crippen LogP contribution in [0, 0.1) is 0 Å². The quantitative estimate of drug-likeness (QED) is 0.290. The van der Waals surface area contributed by atoms with Crippen LogP contribution in [0.5, 0.6) is 0 Å². The molecule has 1 aliphatic heterocycles. The Morgan fingerprint density at radius 3 is 2.76 bits per heavy atom. The highest BCUT2D eigenvalue weighted by molar-refractivity contribution is 7.17. The highest BCUT2D eigenvalue weighted by Gasteiger charge is 2.25. The predicted molar refractivity (Wildman–Crippen MR) is 146 cm³/mol. The van der Waals surface area contributed by atoms with E-state index in [1.54, 1.807) is 19.3 Å². The van der Waals surface area contributed by atoms with Gasteiger partial charge in [-0.15, -0.1) is 11.3 Å². The van der Waals surface area contributed by atoms with Crippen LogP contribution in [0.3, 0.4) is 0 Å². The van der Waals surface area contributed by atoms with Gasteiger partial charge in [-0.3, -0.25) is 14.9 Å². The summed E-state index contributed by atoms with van der Waals surface area (Å²) < 4.78 is 0. The SMILES string of the molecule is CC(=O)c1ccc(-c2cccc3[nH]c(-c4n[nH]c5ccc(-c6cncc(N7CC(N)C7)n6)nc45)cc23)s1. The predicted octanol–water partition coefficient (Wildman–Crippen LogP) is 4.64. The van der Waals surface area contributed by atoms with Gasteiger partial charge in [0.1, 0.15) is 22.7 Å². The van der Waals surface area contributed by atoms with E-state index < -0.39 is 0 Å². The smallest absolute Gasteiger partial charge is 0.169 e. The van der Waals surface area contributed by atoms with Crippen molar-refractivity contribution in [1.29, 1.82) is 0 Å². The third-order valence-corrected chi connectivity index (χ3v) is 7.88. The van der Waals surface area contributed by atoms with Gasteiger partial charge < -0.3 is 15.6 Å². The second-order valence-corrected chi connectivity index (χ2v) is 10.3. The Kier molecular flexibility index (Phi) is 4.91. The molecule has 1 saturated heterocycles. The van der Waals surface area contributed by atoms with Gasteiger partial charge in [0.05, 0.1) is 34.2 Å². The van der Waals surface area contributed by atoms with Crippen LogP contribution in [0.15, 0.2) is 60.9 Å². The summed E-state index contributed by atoms with van der Waals surface area (Å²) in [5.74, 6) is 0.880. The Balaban J connectivity index is 1.29. The first-order valence-electron chi connectivity index (χ1n) is 11.9. The Hall–Kier alpha value is -4.41. The number of aromatic amines is 2. The lowest BCUT2D eigenvalue weighted by molar-refractivity contribution is 0.102. The highest BCUT2D eigenvalue weighted by Crippen LogP contribution is 2.37. The van der Waals surface area contributed by atoms with E-state index in [4.69, 9.17) is 15.7 Å². The normalized spacial score (nSPS) is 13.9. The van der Waals surface area contributed by atoms with Crippen molar-refractivity contribution in [2.75, 3.05) is 18.0 Å². The van der Waals surface area contributed by atoms with Crippen molar-refractivity contribution in [3.8, 4) is 33.2 Å². The summed E-state index contributed by atoms with van der Waals surface area (Å²) in [7, 11) is 0. The number of aromatic nitrogens is 6. The summed E-state index contributed by atoms with van der Waals surface area (Å²) in [5.41, 5.74) is 12.6. The fourth-order valence-electron chi connectivity index (χ4n) is 4.73. The van der Waals surface area contributed by atoms with Crippen LogP contribution in [-0.4, -0.2) is 55.0 Å². The molecule has 1 fully saturated rings. The van der Waals surface area contributed by atoms with Crippen molar-refractivity contribution >= 4 is 44.9 Å². The highest BCUT2D eigenvalue weighted by atomic mass is 32.1. The maximum Gasteiger partial charge on any atom is 0.169 e. The van der Waals surface area contributed by atoms with E-state index in [-0.39, 0.29) is 11.8 Å². The molecular weight excluding hydrogens is 484 g/mol. The Morgan fingerprint density at radius 1 is 1.05 bits per heavy atom. The summed E-state index contributed by atoms with van der Waals surface area (Å²) in [5, 5.41) is 8.74. The molecule has 5 aromatic heterocycles. The zero-order chi connectivity index (χ0) is 25.1. The van der Waals surface area contributed by atoms with E-state index in [2.05, 4.69) is 37.2 Å². The van der Waals surface area contributed by atoms with Crippen molar-refractivity contribution in [3.63, 3.8) is 0 Å². The average molecular weight is 507 g/mol. The molecule has 0 saturated carbocycles. The molecule has 7 rings (SSSR count). The van der Waals surface area contributed by atoms with Gasteiger partial charge in [-0.2, -0.15) is 5.10 Å². The minimum absolute atomic E-state index is 0.0757. The van der Waals surface area contributed by atoms with Crippen molar-refractivity contribution in [3.05, 3.63) is 65.8 Å². The first-order valence-corrected chi connectivity index (χ1v) is 12.8. The van der Waals surface area contributed by atoms with Crippen LogP contribution in [0.25, 0.3) is 55.2 Å². The van der Waals surface area contributed by atoms with Gasteiger partial charge in [-0.05, 0) is 43.3 Å². The van der Waals surface area contributed by atoms with Gasteiger partial charge in [-0.1, -0.05) is 12.1 Å². The number of H-pyrrole nitrogens is 2. The largest absolute Gasteiger partial charge is 0.353 e. The Morgan fingerprint density at radius 2 is 1.95 bits per heavy atom. The van der Waals surface area contributed by atoms with Crippen molar-refractivity contribution in [2.24, 2.45) is 5.73 Å². The molecule has 0 amide bonds. The lowest BCUT2D eigenvalue weighted by atomic mass is 10.1. The van der Waals surface area contributed by atoms with Crippen LogP contribution in [-0.2, 0) is 0 Å². The molecule has 0 bridgehead atoms. The number of rotatable bonds is 5. The summed E-state index contributed by atoms with van der Waals surface area (Å²) in [4.78, 5) is 33.3. The third kappa shape index (κ3) is 3.69. The average Bonchev–Trinajstić information content (AvgIpc) is 3.64. The van der Waals surface area contributed by atoms with E-state index in [1.165, 1.54) is 11.3 Å². The molecule has 0 atom stereocenters. The number of nitrogens with one attached hydrogen (secondary N) is 2. The van der Waals surface area contributed by atoms with E-state index in [1.807, 2.05) is 36.4 Å². The number of hydrogen-bond acceptors (Lipinski definition) is 8. The molecule has 6 heterocycles. The molecule has 10 heteroatoms. The lowest BCUT2D eigenvalue weighted by Crippen LogP contribution is -2.56. The molecule has 9 nitrogen and oxygen atoms in total. The summed E-state index contributed by atoms with van der Waals surface area (Å²) in [6, 6.07) is 16.2. The van der Waals surface area contributed by atoms with E-state index in [0.29, 0.717) is 5.69 Å². The monoisotopic (exact) mass is 506 g/mol. The number of nitrogens with zero attached hydrogens (tertiary/aromatic N) is 5. The number of anilines is 1. The zero-order valence-electron chi connectivity index (χ0n) is 19.9. The summed E-state index contributed by atoms with van der Waals surface area (Å²) in [6.45, 7) is 3.15. The maximum absolute atomic E-state index is 11.8. The zero-order valence-corrected chi connectivity index (χ0v) is 20.7. The number of fused-ring (bicyclic) bond motifs is 2. The van der Waals surface area contributed by atoms with Crippen LogP contribution < -0.4 is 10.6 Å². The van der Waals surface area contributed by atoms with Gasteiger partial charge in [-0.25, -0.2) is 9.97 Å². The number of Topliss-reactive ketones (excluding diaryl/α,β-unsaturated/α-hetero) is 1. The molecule has 0 unspecified atom stereocenters. The third-order valence-electron chi connectivity index (χ3n) is 6.66. The second-order valence-electron chi connectivity index (χ2n) is 9.26. The van der Waals surface area contributed by atoms with Gasteiger partial charge >= 0.3 is 0 Å². The molecule has 0 radical (unpaired) electrons. The number of nitrogens with two attached hydrogens (primary N) is 1. The van der Waals surface area contributed by atoms with E-state index in [9.17, 15) is 4.79 Å². The molecule has 0 spiro atoms. The first-order chi connectivity index (χ1) is 18.0. The van der Waals surface area contributed by atoms with Gasteiger partial charge in [0.2, 0.25) is 0 Å². The van der Waals surface area contributed by atoms with Crippen LogP contribution >= 0.6 is 11.3 Å². The van der Waals surface area contributed by atoms with Crippen molar-refractivity contribution in [1.82, 2.24) is 30.1 Å². The van der Waals surface area contributed by atoms with Crippen LogP contribution in [0.1, 0.15) is 16.6 Å². The minimum atomic E-state index is 0.0757. The molecule has 37 heavy (non-hydrogen) atoms. The summed E-state index contributed by atoms with van der Waals surface area (Å²) in [6.07, 6.45) is 3.48. The number of carbonyl (C=O) groups is 1. The fraction of sp³-hybridized carbons (Fsp3) is 0.148. The van der Waals surface area contributed by atoms with Gasteiger partial charge in [0.25, 0.3) is 0 Å². The topological polar surface area (TPSA) is 129 Å². The lowest BCUT2D eigenvalue weighted by Gasteiger charge is -2.37. The number of thiophene rings is 1. The molecule has 4 N–H and O–H groups in total. The minimum Gasteiger partial charge on any atom is -0.353 e. The Bertz CT molecular complexity index is 1810. The molecule has 182 valence electrons. The molecular formula is C27H22N8OS. The number of hydrogen-bond donors (Lipinski definition) is 3. The molecule has 1 aliphatic rings. The second kappa shape index (κ2) is 8.32. The van der Waals surface area contributed by atoms with Crippen molar-refractivity contribution < 1.29 is 4.79 Å². The van der Waals surface area contributed by atoms with E-state index in [0.717, 1.165) is 73.2 Å². The fourth-order valence-corrected chi connectivity index (χ4v) is 5.67. The number of benzene rings is 1. The molecule has 6 aromatic rings. The summed E-state index contributed by atoms with van der Waals surface area (Å²) >= 11 is 1.51.